The smallest absolute Gasteiger partial charge is 0.252 e. The van der Waals surface area contributed by atoms with E-state index in [0.717, 1.165) is 12.8 Å². The van der Waals surface area contributed by atoms with Gasteiger partial charge in [0.1, 0.15) is 18.3 Å². The lowest BCUT2D eigenvalue weighted by atomic mass is 10.1. The van der Waals surface area contributed by atoms with E-state index in [1.54, 1.807) is 0 Å². The maximum atomic E-state index is 10.3. The summed E-state index contributed by atoms with van der Waals surface area (Å²) < 4.78 is 7.10. The Morgan fingerprint density at radius 3 is 2.69 bits per heavy atom. The van der Waals surface area contributed by atoms with Gasteiger partial charge in [-0.1, -0.05) is 12.8 Å². The monoisotopic (exact) mass is 362 g/mol. The fraction of sp³-hybridized carbons (Fsp3) is 0.625. The first kappa shape index (κ1) is 17.3. The summed E-state index contributed by atoms with van der Waals surface area (Å²) in [7, 11) is 0. The average molecular weight is 362 g/mol. The van der Waals surface area contributed by atoms with Crippen molar-refractivity contribution in [3.8, 4) is 0 Å². The second-order valence-corrected chi connectivity index (χ2v) is 6.71. The molecule has 2 fully saturated rings. The number of nitrogens with one attached hydrogen (secondary N) is 1. The molecule has 0 spiro atoms. The van der Waals surface area contributed by atoms with E-state index in [-0.39, 0.29) is 5.95 Å². The van der Waals surface area contributed by atoms with Gasteiger partial charge in [-0.05, 0) is 19.6 Å². The molecule has 0 amide bonds. The lowest BCUT2D eigenvalue weighted by Crippen LogP contribution is -2.33. The van der Waals surface area contributed by atoms with E-state index in [1.807, 2.05) is 0 Å². The Morgan fingerprint density at radius 2 is 2.04 bits per heavy atom. The summed E-state index contributed by atoms with van der Waals surface area (Å²) in [5.41, 5.74) is 0.944. The fourth-order valence-electron chi connectivity index (χ4n) is 3.64. The Balaban J connectivity index is 1.74. The van der Waals surface area contributed by atoms with Crippen LogP contribution in [0.15, 0.2) is 11.3 Å². The number of rotatable bonds is 5. The van der Waals surface area contributed by atoms with Gasteiger partial charge in [0.05, 0.1) is 12.9 Å². The van der Waals surface area contributed by atoms with Crippen LogP contribution in [-0.4, -0.2) is 72.5 Å². The highest BCUT2D eigenvalue weighted by Gasteiger charge is 2.44. The first-order valence-corrected chi connectivity index (χ1v) is 8.72. The third-order valence-corrected chi connectivity index (χ3v) is 5.04. The Labute approximate surface area is 149 Å². The molecule has 140 valence electrons. The maximum Gasteiger partial charge on any atom is 0.252 e. The summed E-state index contributed by atoms with van der Waals surface area (Å²) in [4.78, 5) is 16.9. The molecule has 0 radical (unpaired) electrons. The van der Waals surface area contributed by atoms with Gasteiger partial charge in [-0.25, -0.2) is 9.98 Å². The predicted molar refractivity (Wildman–Crippen MR) is 93.4 cm³/mol. The molecular weight excluding hydrogens is 340 g/mol. The van der Waals surface area contributed by atoms with Crippen LogP contribution in [0.1, 0.15) is 31.9 Å². The van der Waals surface area contributed by atoms with E-state index in [1.165, 1.54) is 23.7 Å². The van der Waals surface area contributed by atoms with E-state index in [4.69, 9.17) is 4.74 Å². The summed E-state index contributed by atoms with van der Waals surface area (Å²) in [5, 5.41) is 33.0. The minimum atomic E-state index is -1.22. The summed E-state index contributed by atoms with van der Waals surface area (Å²) in [6, 6.07) is 0.324. The van der Waals surface area contributed by atoms with Gasteiger partial charge in [0, 0.05) is 6.04 Å². The molecule has 0 unspecified atom stereocenters. The largest absolute Gasteiger partial charge is 0.394 e. The molecule has 4 rings (SSSR count). The zero-order valence-corrected chi connectivity index (χ0v) is 14.2. The van der Waals surface area contributed by atoms with Gasteiger partial charge in [-0.2, -0.15) is 9.97 Å². The molecule has 1 saturated heterocycles. The molecule has 10 nitrogen and oxygen atoms in total. The van der Waals surface area contributed by atoms with Gasteiger partial charge in [0.25, 0.3) is 5.95 Å². The summed E-state index contributed by atoms with van der Waals surface area (Å²) in [5.74, 6) is 0.751. The van der Waals surface area contributed by atoms with Gasteiger partial charge >= 0.3 is 0 Å². The van der Waals surface area contributed by atoms with Crippen molar-refractivity contribution < 1.29 is 20.1 Å². The Bertz CT molecular complexity index is 805. The number of aliphatic hydroxyl groups is 3. The number of hydrogen-bond acceptors (Lipinski definition) is 9. The third kappa shape index (κ3) is 2.84. The molecule has 1 saturated carbocycles. The molecule has 1 aliphatic carbocycles. The van der Waals surface area contributed by atoms with Gasteiger partial charge in [0.2, 0.25) is 0 Å². The van der Waals surface area contributed by atoms with Crippen molar-refractivity contribution in [3.05, 3.63) is 6.33 Å². The number of aliphatic hydroxyl groups excluding tert-OH is 3. The fourth-order valence-corrected chi connectivity index (χ4v) is 3.64. The van der Waals surface area contributed by atoms with Crippen molar-refractivity contribution in [3.63, 3.8) is 0 Å². The normalized spacial score (nSPS) is 29.5. The summed E-state index contributed by atoms with van der Waals surface area (Å²) in [6.45, 7) is 3.09. The molecule has 0 aromatic carbocycles. The molecule has 26 heavy (non-hydrogen) atoms. The Hall–Kier alpha value is -2.14. The summed E-state index contributed by atoms with van der Waals surface area (Å²) >= 11 is 0. The first-order chi connectivity index (χ1) is 12.6. The standard InChI is InChI=1S/C16H22N6O4/c1-17-16-20-13(19-8-4-2-3-5-8)10-14(21-16)22(7-18-10)15-12(25)11(24)9(6-23)26-15/h7-9,11-12,15,23-25H,1-6H2,(H,19,20,21)/t9-,11-,12-,15-/m1/s1. The van der Waals surface area contributed by atoms with Crippen molar-refractivity contribution in [2.24, 2.45) is 4.99 Å². The molecule has 1 aliphatic heterocycles. The Morgan fingerprint density at radius 1 is 1.27 bits per heavy atom. The predicted octanol–water partition coefficient (Wildman–Crippen LogP) is 0.124. The van der Waals surface area contributed by atoms with Crippen LogP contribution >= 0.6 is 0 Å². The van der Waals surface area contributed by atoms with E-state index < -0.39 is 31.1 Å². The molecule has 4 N–H and O–H groups in total. The molecule has 10 heteroatoms. The Kier molecular flexibility index (Phi) is 4.57. The molecule has 4 atom stereocenters. The number of fused-ring (bicyclic) bond motifs is 1. The van der Waals surface area contributed by atoms with Gasteiger partial charge < -0.3 is 25.4 Å². The van der Waals surface area contributed by atoms with E-state index in [2.05, 4.69) is 32.0 Å². The quantitative estimate of drug-likeness (QED) is 0.551. The van der Waals surface area contributed by atoms with Gasteiger partial charge in [-0.3, -0.25) is 4.57 Å². The number of hydrogen-bond donors (Lipinski definition) is 4. The van der Waals surface area contributed by atoms with E-state index >= 15 is 0 Å². The zero-order chi connectivity index (χ0) is 18.3. The highest BCUT2D eigenvalue weighted by molar-refractivity contribution is 5.84. The summed E-state index contributed by atoms with van der Waals surface area (Å²) in [6.07, 6.45) is 1.76. The average Bonchev–Trinajstić information content (AvgIpc) is 3.36. The molecule has 3 heterocycles. The lowest BCUT2D eigenvalue weighted by Gasteiger charge is -2.17. The van der Waals surface area contributed by atoms with Crippen LogP contribution in [0, 0.1) is 0 Å². The SMILES string of the molecule is C=Nc1nc(NC2CCCC2)c2ncn([C@@H]3O[C@H](CO)[C@@H](O)[C@H]3O)c2n1. The molecule has 0 bridgehead atoms. The highest BCUT2D eigenvalue weighted by atomic mass is 16.6. The molecule has 2 aromatic rings. The maximum absolute atomic E-state index is 10.3. The van der Waals surface area contributed by atoms with Crippen LogP contribution in [0.2, 0.25) is 0 Å². The lowest BCUT2D eigenvalue weighted by molar-refractivity contribution is -0.0511. The van der Waals surface area contributed by atoms with Crippen LogP contribution in [0.5, 0.6) is 0 Å². The number of aliphatic imine (C=N–C) groups is 1. The highest BCUT2D eigenvalue weighted by Crippen LogP contribution is 2.33. The van der Waals surface area contributed by atoms with Crippen LogP contribution in [0.25, 0.3) is 11.2 Å². The second kappa shape index (κ2) is 6.88. The van der Waals surface area contributed by atoms with Crippen LogP contribution in [0.3, 0.4) is 0 Å². The van der Waals surface area contributed by atoms with Crippen molar-refractivity contribution in [2.45, 2.75) is 56.3 Å². The van der Waals surface area contributed by atoms with Crippen molar-refractivity contribution in [1.82, 2.24) is 19.5 Å². The number of ether oxygens (including phenoxy) is 1. The van der Waals surface area contributed by atoms with Crippen LogP contribution in [-0.2, 0) is 4.74 Å². The van der Waals surface area contributed by atoms with Gasteiger partial charge in [-0.15, -0.1) is 0 Å². The molecular formula is C16H22N6O4. The van der Waals surface area contributed by atoms with Crippen LogP contribution in [0.4, 0.5) is 11.8 Å². The number of anilines is 1. The molecule has 2 aromatic heterocycles. The minimum Gasteiger partial charge on any atom is -0.394 e. The molecule has 2 aliphatic rings. The van der Waals surface area contributed by atoms with Crippen molar-refractivity contribution in [1.29, 1.82) is 0 Å². The number of imidazole rings is 1. The second-order valence-electron chi connectivity index (χ2n) is 6.71. The van der Waals surface area contributed by atoms with Crippen LogP contribution < -0.4 is 5.32 Å². The van der Waals surface area contributed by atoms with Gasteiger partial charge in [0.15, 0.2) is 23.2 Å². The van der Waals surface area contributed by atoms with Crippen molar-refractivity contribution >= 4 is 29.6 Å². The van der Waals surface area contributed by atoms with Crippen molar-refractivity contribution in [2.75, 3.05) is 11.9 Å². The number of aromatic nitrogens is 4. The van der Waals surface area contributed by atoms with E-state index in [9.17, 15) is 15.3 Å². The third-order valence-electron chi connectivity index (χ3n) is 5.04. The topological polar surface area (TPSA) is 138 Å². The van der Waals surface area contributed by atoms with E-state index in [0.29, 0.717) is 23.0 Å². The minimum absolute atomic E-state index is 0.187. The number of nitrogens with zero attached hydrogens (tertiary/aromatic N) is 5. The first-order valence-electron chi connectivity index (χ1n) is 8.72. The zero-order valence-electron chi connectivity index (χ0n) is 14.2.